The standard InChI is InChI=1S/C14H25N3O3/c1-10-8-16-13(11(2)14(10)19-4)7-12(17-15)9-20-6-5-18-3/h8,12,17H,5-7,9,15H2,1-4H3. The van der Waals surface area contributed by atoms with Crippen molar-refractivity contribution in [2.75, 3.05) is 34.0 Å². The minimum absolute atomic E-state index is 0.00506. The zero-order valence-corrected chi connectivity index (χ0v) is 12.7. The van der Waals surface area contributed by atoms with Gasteiger partial charge in [-0.25, -0.2) is 0 Å². The topological polar surface area (TPSA) is 78.6 Å². The highest BCUT2D eigenvalue weighted by Gasteiger charge is 2.14. The summed E-state index contributed by atoms with van der Waals surface area (Å²) < 4.78 is 15.8. The van der Waals surface area contributed by atoms with Crippen molar-refractivity contribution in [2.45, 2.75) is 26.3 Å². The Morgan fingerprint density at radius 1 is 1.30 bits per heavy atom. The minimum atomic E-state index is 0.00506. The number of hydrazine groups is 1. The van der Waals surface area contributed by atoms with E-state index in [-0.39, 0.29) is 6.04 Å². The Bertz CT molecular complexity index is 413. The minimum Gasteiger partial charge on any atom is -0.496 e. The van der Waals surface area contributed by atoms with Crippen molar-refractivity contribution >= 4 is 0 Å². The van der Waals surface area contributed by atoms with Crippen molar-refractivity contribution in [3.05, 3.63) is 23.0 Å². The molecule has 20 heavy (non-hydrogen) atoms. The Kier molecular flexibility index (Phi) is 7.46. The molecule has 0 aromatic carbocycles. The zero-order chi connectivity index (χ0) is 15.0. The van der Waals surface area contributed by atoms with E-state index < -0.39 is 0 Å². The van der Waals surface area contributed by atoms with Gasteiger partial charge in [-0.1, -0.05) is 0 Å². The van der Waals surface area contributed by atoms with E-state index in [2.05, 4.69) is 10.4 Å². The number of aryl methyl sites for hydroxylation is 1. The van der Waals surface area contributed by atoms with E-state index in [9.17, 15) is 0 Å². The van der Waals surface area contributed by atoms with Crippen LogP contribution in [-0.4, -0.2) is 45.1 Å². The lowest BCUT2D eigenvalue weighted by Crippen LogP contribution is -2.41. The number of nitrogens with one attached hydrogen (secondary N) is 1. The van der Waals surface area contributed by atoms with Crippen LogP contribution in [-0.2, 0) is 15.9 Å². The molecular weight excluding hydrogens is 258 g/mol. The molecular formula is C14H25N3O3. The van der Waals surface area contributed by atoms with E-state index in [1.807, 2.05) is 20.0 Å². The number of methoxy groups -OCH3 is 2. The average molecular weight is 283 g/mol. The fourth-order valence-electron chi connectivity index (χ4n) is 2.04. The molecule has 0 radical (unpaired) electrons. The molecule has 0 fully saturated rings. The Morgan fingerprint density at radius 3 is 2.65 bits per heavy atom. The molecule has 1 aromatic heterocycles. The zero-order valence-electron chi connectivity index (χ0n) is 12.7. The third-order valence-electron chi connectivity index (χ3n) is 3.18. The summed E-state index contributed by atoms with van der Waals surface area (Å²) in [4.78, 5) is 4.46. The van der Waals surface area contributed by atoms with Gasteiger partial charge in [0.15, 0.2) is 0 Å². The van der Waals surface area contributed by atoms with Gasteiger partial charge in [0, 0.05) is 42.6 Å². The molecule has 3 N–H and O–H groups in total. The molecule has 1 unspecified atom stereocenters. The molecule has 6 nitrogen and oxygen atoms in total. The van der Waals surface area contributed by atoms with E-state index >= 15 is 0 Å². The van der Waals surface area contributed by atoms with Crippen LogP contribution in [0.15, 0.2) is 6.20 Å². The summed E-state index contributed by atoms with van der Waals surface area (Å²) in [5.74, 6) is 6.45. The fraction of sp³-hybridized carbons (Fsp3) is 0.643. The number of hydrogen-bond donors (Lipinski definition) is 2. The largest absolute Gasteiger partial charge is 0.496 e. The van der Waals surface area contributed by atoms with E-state index in [1.54, 1.807) is 14.2 Å². The predicted octanol–water partition coefficient (Wildman–Crippen LogP) is 0.744. The summed E-state index contributed by atoms with van der Waals surface area (Å²) in [6.45, 7) is 5.63. The highest BCUT2D eigenvalue weighted by molar-refractivity contribution is 5.41. The first-order chi connectivity index (χ1) is 9.63. The molecule has 1 rings (SSSR count). The highest BCUT2D eigenvalue weighted by Crippen LogP contribution is 2.24. The summed E-state index contributed by atoms with van der Waals surface area (Å²) in [6.07, 6.45) is 2.51. The van der Waals surface area contributed by atoms with E-state index in [0.29, 0.717) is 26.2 Å². The number of hydrogen-bond acceptors (Lipinski definition) is 6. The summed E-state index contributed by atoms with van der Waals surface area (Å²) in [7, 11) is 3.32. The molecule has 1 atom stereocenters. The van der Waals surface area contributed by atoms with Crippen LogP contribution < -0.4 is 16.0 Å². The summed E-state index contributed by atoms with van der Waals surface area (Å²) in [5.41, 5.74) is 5.80. The number of rotatable bonds is 9. The van der Waals surface area contributed by atoms with Crippen molar-refractivity contribution in [3.63, 3.8) is 0 Å². The Labute approximate surface area is 120 Å². The third-order valence-corrected chi connectivity index (χ3v) is 3.18. The summed E-state index contributed by atoms with van der Waals surface area (Å²) in [5, 5.41) is 0. The second-order valence-electron chi connectivity index (χ2n) is 4.68. The first kappa shape index (κ1) is 16.8. The van der Waals surface area contributed by atoms with Gasteiger partial charge in [0.25, 0.3) is 0 Å². The van der Waals surface area contributed by atoms with Crippen molar-refractivity contribution < 1.29 is 14.2 Å². The maximum absolute atomic E-state index is 5.57. The number of aromatic nitrogens is 1. The third kappa shape index (κ3) is 4.72. The molecule has 0 amide bonds. The molecule has 114 valence electrons. The molecule has 0 aliphatic rings. The fourth-order valence-corrected chi connectivity index (χ4v) is 2.04. The van der Waals surface area contributed by atoms with Crippen molar-refractivity contribution in [2.24, 2.45) is 5.84 Å². The molecule has 0 aliphatic carbocycles. The van der Waals surface area contributed by atoms with Crippen LogP contribution >= 0.6 is 0 Å². The highest BCUT2D eigenvalue weighted by atomic mass is 16.5. The van der Waals surface area contributed by atoms with Gasteiger partial charge in [0.05, 0.1) is 26.9 Å². The molecule has 0 bridgehead atoms. The summed E-state index contributed by atoms with van der Waals surface area (Å²) in [6, 6.07) is 0.00506. The Hall–Kier alpha value is -1.21. The maximum atomic E-state index is 5.57. The Morgan fingerprint density at radius 2 is 2.05 bits per heavy atom. The van der Waals surface area contributed by atoms with Gasteiger partial charge < -0.3 is 14.2 Å². The van der Waals surface area contributed by atoms with Crippen LogP contribution in [0.2, 0.25) is 0 Å². The lowest BCUT2D eigenvalue weighted by atomic mass is 10.1. The molecule has 0 saturated carbocycles. The Balaban J connectivity index is 2.65. The molecule has 1 aromatic rings. The second kappa shape index (κ2) is 8.86. The average Bonchev–Trinajstić information content (AvgIpc) is 2.45. The van der Waals surface area contributed by atoms with Gasteiger partial charge in [-0.05, 0) is 13.8 Å². The van der Waals surface area contributed by atoms with Gasteiger partial charge >= 0.3 is 0 Å². The maximum Gasteiger partial charge on any atom is 0.128 e. The lowest BCUT2D eigenvalue weighted by molar-refractivity contribution is 0.0586. The number of ether oxygens (including phenoxy) is 3. The van der Waals surface area contributed by atoms with E-state index in [1.165, 1.54) is 0 Å². The van der Waals surface area contributed by atoms with E-state index in [0.717, 1.165) is 22.6 Å². The van der Waals surface area contributed by atoms with Crippen LogP contribution in [0.3, 0.4) is 0 Å². The quantitative estimate of drug-likeness (QED) is 0.395. The van der Waals surface area contributed by atoms with E-state index in [4.69, 9.17) is 20.1 Å². The SMILES string of the molecule is COCCOCC(Cc1ncc(C)c(OC)c1C)NN. The summed E-state index contributed by atoms with van der Waals surface area (Å²) >= 11 is 0. The lowest BCUT2D eigenvalue weighted by Gasteiger charge is -2.18. The monoisotopic (exact) mass is 283 g/mol. The second-order valence-corrected chi connectivity index (χ2v) is 4.68. The molecule has 6 heteroatoms. The van der Waals surface area contributed by atoms with Gasteiger partial charge in [-0.2, -0.15) is 0 Å². The number of nitrogens with zero attached hydrogens (tertiary/aromatic N) is 1. The van der Waals surface area contributed by atoms with Gasteiger partial charge in [-0.15, -0.1) is 0 Å². The molecule has 0 saturated heterocycles. The molecule has 1 heterocycles. The normalized spacial score (nSPS) is 12.4. The van der Waals surface area contributed by atoms with Crippen molar-refractivity contribution in [1.82, 2.24) is 10.4 Å². The van der Waals surface area contributed by atoms with Crippen molar-refractivity contribution in [1.29, 1.82) is 0 Å². The first-order valence-corrected chi connectivity index (χ1v) is 6.65. The molecule has 0 aliphatic heterocycles. The van der Waals surface area contributed by atoms with Crippen molar-refractivity contribution in [3.8, 4) is 5.75 Å². The van der Waals surface area contributed by atoms with Crippen LogP contribution in [0.4, 0.5) is 0 Å². The first-order valence-electron chi connectivity index (χ1n) is 6.65. The van der Waals surface area contributed by atoms with Gasteiger partial charge in [-0.3, -0.25) is 16.3 Å². The van der Waals surface area contributed by atoms with Gasteiger partial charge in [0.1, 0.15) is 5.75 Å². The van der Waals surface area contributed by atoms with Crippen LogP contribution in [0.5, 0.6) is 5.75 Å². The van der Waals surface area contributed by atoms with Crippen LogP contribution in [0.1, 0.15) is 16.8 Å². The number of nitrogens with two attached hydrogens (primary N) is 1. The predicted molar refractivity (Wildman–Crippen MR) is 77.8 cm³/mol. The van der Waals surface area contributed by atoms with Gasteiger partial charge in [0.2, 0.25) is 0 Å². The number of pyridine rings is 1. The van der Waals surface area contributed by atoms with Crippen LogP contribution in [0.25, 0.3) is 0 Å². The smallest absolute Gasteiger partial charge is 0.128 e. The molecule has 0 spiro atoms. The van der Waals surface area contributed by atoms with Crippen LogP contribution in [0, 0.1) is 13.8 Å².